The van der Waals surface area contributed by atoms with Crippen LogP contribution in [0.4, 0.5) is 5.95 Å². The van der Waals surface area contributed by atoms with Crippen LogP contribution in [0.5, 0.6) is 5.75 Å². The largest absolute Gasteiger partial charge is 0.497 e. The maximum atomic E-state index is 6.39. The van der Waals surface area contributed by atoms with Crippen molar-refractivity contribution < 1.29 is 14.2 Å². The summed E-state index contributed by atoms with van der Waals surface area (Å²) in [5, 5.41) is 5.73. The molecule has 1 saturated heterocycles. The average Bonchev–Trinajstić information content (AvgIpc) is 3.15. The molecule has 28 heavy (non-hydrogen) atoms. The molecule has 0 radical (unpaired) electrons. The smallest absolute Gasteiger partial charge is 0.223 e. The molecule has 0 spiro atoms. The van der Waals surface area contributed by atoms with Crippen molar-refractivity contribution in [1.29, 1.82) is 0 Å². The Kier molecular flexibility index (Phi) is 4.86. The topological polar surface area (TPSA) is 97.3 Å². The molecule has 0 aliphatic carbocycles. The number of nitrogens with zero attached hydrogens (tertiary/aromatic N) is 4. The summed E-state index contributed by atoms with van der Waals surface area (Å²) in [5.41, 5.74) is 8.23. The Morgan fingerprint density at radius 1 is 1.29 bits per heavy atom. The lowest BCUT2D eigenvalue weighted by molar-refractivity contribution is -0.138. The van der Waals surface area contributed by atoms with E-state index in [0.29, 0.717) is 30.6 Å². The third kappa shape index (κ3) is 3.76. The van der Waals surface area contributed by atoms with Crippen LogP contribution in [0.1, 0.15) is 25.1 Å². The van der Waals surface area contributed by atoms with Crippen LogP contribution >= 0.6 is 11.6 Å². The molecule has 3 heterocycles. The molecule has 1 aliphatic heterocycles. The third-order valence-electron chi connectivity index (χ3n) is 4.62. The van der Waals surface area contributed by atoms with Crippen molar-refractivity contribution in [3.8, 4) is 5.75 Å². The van der Waals surface area contributed by atoms with Gasteiger partial charge in [0.15, 0.2) is 11.4 Å². The number of fused-ring (bicyclic) bond motifs is 1. The second-order valence-corrected chi connectivity index (χ2v) is 7.54. The molecule has 8 nitrogen and oxygen atoms in total. The third-order valence-corrected chi connectivity index (χ3v) is 4.89. The van der Waals surface area contributed by atoms with Gasteiger partial charge in [-0.05, 0) is 31.5 Å². The highest BCUT2D eigenvalue weighted by molar-refractivity contribution is 6.34. The van der Waals surface area contributed by atoms with E-state index >= 15 is 0 Å². The lowest BCUT2D eigenvalue weighted by atomic mass is 10.1. The minimum atomic E-state index is -0.600. The number of hydrogen-bond acceptors (Lipinski definition) is 7. The Balaban J connectivity index is 1.69. The Hall–Kier alpha value is -2.42. The number of rotatable bonds is 5. The summed E-state index contributed by atoms with van der Waals surface area (Å²) in [6.45, 7) is 4.79. The first-order valence-electron chi connectivity index (χ1n) is 8.98. The number of methoxy groups -OCH3 is 1. The summed E-state index contributed by atoms with van der Waals surface area (Å²) in [6, 6.07) is 7.78. The first-order chi connectivity index (χ1) is 13.3. The first-order valence-corrected chi connectivity index (χ1v) is 9.35. The van der Waals surface area contributed by atoms with Crippen LogP contribution in [0.3, 0.4) is 0 Å². The fraction of sp³-hybridized carbons (Fsp3) is 0.421. The lowest BCUT2D eigenvalue weighted by Gasteiger charge is -2.16. The SMILES string of the molecule is COc1ccc(Cn2nc(CC3COC(C)(C)O3)c3c(Cl)nc(N)nc32)cc1. The van der Waals surface area contributed by atoms with Gasteiger partial charge in [-0.1, -0.05) is 23.7 Å². The van der Waals surface area contributed by atoms with Crippen LogP contribution in [-0.2, 0) is 22.4 Å². The zero-order chi connectivity index (χ0) is 19.9. The fourth-order valence-corrected chi connectivity index (χ4v) is 3.63. The van der Waals surface area contributed by atoms with Crippen LogP contribution in [0.15, 0.2) is 24.3 Å². The van der Waals surface area contributed by atoms with Gasteiger partial charge in [0.1, 0.15) is 10.9 Å². The van der Waals surface area contributed by atoms with E-state index < -0.39 is 5.79 Å². The highest BCUT2D eigenvalue weighted by Crippen LogP contribution is 2.30. The summed E-state index contributed by atoms with van der Waals surface area (Å²) >= 11 is 6.39. The van der Waals surface area contributed by atoms with Gasteiger partial charge in [0.2, 0.25) is 5.95 Å². The first kappa shape index (κ1) is 18.9. The lowest BCUT2D eigenvalue weighted by Crippen LogP contribution is -2.22. The summed E-state index contributed by atoms with van der Waals surface area (Å²) in [4.78, 5) is 8.47. The number of halogens is 1. The fourth-order valence-electron chi connectivity index (χ4n) is 3.35. The normalized spacial score (nSPS) is 18.6. The van der Waals surface area contributed by atoms with Gasteiger partial charge in [0, 0.05) is 6.42 Å². The Bertz CT molecular complexity index is 1000. The average molecular weight is 404 g/mol. The molecule has 1 aliphatic rings. The number of ether oxygens (including phenoxy) is 3. The summed E-state index contributed by atoms with van der Waals surface area (Å²) in [5.74, 6) is 0.309. The molecule has 0 amide bonds. The second kappa shape index (κ2) is 7.20. The zero-order valence-corrected chi connectivity index (χ0v) is 16.7. The summed E-state index contributed by atoms with van der Waals surface area (Å²) in [7, 11) is 1.64. The molecule has 148 valence electrons. The van der Waals surface area contributed by atoms with Gasteiger partial charge in [-0.2, -0.15) is 10.1 Å². The van der Waals surface area contributed by atoms with Gasteiger partial charge in [-0.25, -0.2) is 9.67 Å². The van der Waals surface area contributed by atoms with Gasteiger partial charge in [0.05, 0.1) is 37.4 Å². The molecule has 1 fully saturated rings. The van der Waals surface area contributed by atoms with Crippen LogP contribution in [0.2, 0.25) is 5.15 Å². The van der Waals surface area contributed by atoms with Crippen molar-refractivity contribution in [1.82, 2.24) is 19.7 Å². The van der Waals surface area contributed by atoms with Crippen molar-refractivity contribution in [2.24, 2.45) is 0 Å². The van der Waals surface area contributed by atoms with Gasteiger partial charge in [-0.15, -0.1) is 0 Å². The van der Waals surface area contributed by atoms with Crippen molar-refractivity contribution >= 4 is 28.6 Å². The van der Waals surface area contributed by atoms with E-state index in [1.807, 2.05) is 38.1 Å². The van der Waals surface area contributed by atoms with Gasteiger partial charge in [0.25, 0.3) is 0 Å². The molecule has 0 saturated carbocycles. The number of anilines is 1. The molecule has 1 atom stereocenters. The molecular weight excluding hydrogens is 382 g/mol. The molecule has 1 unspecified atom stereocenters. The Labute approximate surface area is 167 Å². The Morgan fingerprint density at radius 3 is 2.68 bits per heavy atom. The van der Waals surface area contributed by atoms with E-state index in [0.717, 1.165) is 17.0 Å². The maximum Gasteiger partial charge on any atom is 0.223 e. The number of aromatic nitrogens is 4. The van der Waals surface area contributed by atoms with E-state index in [2.05, 4.69) is 9.97 Å². The molecule has 1 aromatic carbocycles. The van der Waals surface area contributed by atoms with Gasteiger partial charge in [-0.3, -0.25) is 0 Å². The summed E-state index contributed by atoms with van der Waals surface area (Å²) < 4.78 is 18.6. The van der Waals surface area contributed by atoms with Crippen molar-refractivity contribution in [3.05, 3.63) is 40.7 Å². The van der Waals surface area contributed by atoms with Crippen LogP contribution in [0, 0.1) is 0 Å². The van der Waals surface area contributed by atoms with Crippen molar-refractivity contribution in [2.45, 2.75) is 38.7 Å². The molecule has 2 N–H and O–H groups in total. The standard InChI is InChI=1S/C19H22ClN5O3/c1-19(2)27-10-13(28-19)8-14-15-16(20)22-18(21)23-17(15)25(24-14)9-11-4-6-12(26-3)7-5-11/h4-7,13H,8-10H2,1-3H3,(H2,21,22,23). The minimum absolute atomic E-state index is 0.113. The highest BCUT2D eigenvalue weighted by Gasteiger charge is 2.34. The van der Waals surface area contributed by atoms with Crippen molar-refractivity contribution in [3.63, 3.8) is 0 Å². The van der Waals surface area contributed by atoms with Gasteiger partial charge < -0.3 is 19.9 Å². The predicted molar refractivity (Wildman–Crippen MR) is 105 cm³/mol. The Morgan fingerprint density at radius 2 is 2.04 bits per heavy atom. The monoisotopic (exact) mass is 403 g/mol. The molecule has 2 aromatic heterocycles. The van der Waals surface area contributed by atoms with E-state index in [-0.39, 0.29) is 17.2 Å². The minimum Gasteiger partial charge on any atom is -0.497 e. The van der Waals surface area contributed by atoms with Crippen LogP contribution in [0.25, 0.3) is 11.0 Å². The molecule has 0 bridgehead atoms. The van der Waals surface area contributed by atoms with E-state index in [4.69, 9.17) is 36.6 Å². The summed E-state index contributed by atoms with van der Waals surface area (Å²) in [6.07, 6.45) is 0.430. The van der Waals surface area contributed by atoms with E-state index in [9.17, 15) is 0 Å². The zero-order valence-electron chi connectivity index (χ0n) is 16.0. The van der Waals surface area contributed by atoms with Crippen LogP contribution in [-0.4, -0.2) is 45.4 Å². The quantitative estimate of drug-likeness (QED) is 0.654. The molecule has 3 aromatic rings. The van der Waals surface area contributed by atoms with Crippen LogP contribution < -0.4 is 10.5 Å². The highest BCUT2D eigenvalue weighted by atomic mass is 35.5. The second-order valence-electron chi connectivity index (χ2n) is 7.18. The van der Waals surface area contributed by atoms with Crippen molar-refractivity contribution in [2.75, 3.05) is 19.5 Å². The molecule has 9 heteroatoms. The van der Waals surface area contributed by atoms with E-state index in [1.54, 1.807) is 11.8 Å². The maximum absolute atomic E-state index is 6.39. The molecule has 4 rings (SSSR count). The number of hydrogen-bond donors (Lipinski definition) is 1. The predicted octanol–water partition coefficient (Wildman–Crippen LogP) is 2.81. The number of nitrogens with two attached hydrogens (primary N) is 1. The number of nitrogen functional groups attached to an aromatic ring is 1. The molecular formula is C19H22ClN5O3. The number of benzene rings is 1. The van der Waals surface area contributed by atoms with E-state index in [1.165, 1.54) is 0 Å². The van der Waals surface area contributed by atoms with Gasteiger partial charge >= 0.3 is 0 Å².